The van der Waals surface area contributed by atoms with Crippen molar-refractivity contribution in [2.45, 2.75) is 90.4 Å². The first kappa shape index (κ1) is 33.7. The Kier molecular flexibility index (Phi) is 12.6. The second kappa shape index (κ2) is 16.1. The van der Waals surface area contributed by atoms with E-state index < -0.39 is 29.7 Å². The minimum Gasteiger partial charge on any atom is -0.464 e. The Morgan fingerprint density at radius 2 is 1.74 bits per heavy atom. The molecule has 0 radical (unpaired) electrons. The normalized spacial score (nSPS) is 18.7. The molecule has 2 heterocycles. The van der Waals surface area contributed by atoms with Gasteiger partial charge in [0.25, 0.3) is 0 Å². The number of amides is 5. The number of hydrogen-bond acceptors (Lipinski definition) is 7. The fourth-order valence-corrected chi connectivity index (χ4v) is 5.59. The highest BCUT2D eigenvalue weighted by Crippen LogP contribution is 2.34. The third-order valence-corrected chi connectivity index (χ3v) is 8.02. The molecule has 0 bridgehead atoms. The maximum absolute atomic E-state index is 13.6. The van der Waals surface area contributed by atoms with E-state index in [1.165, 1.54) is 0 Å². The van der Waals surface area contributed by atoms with Gasteiger partial charge in [0.2, 0.25) is 11.8 Å². The number of esters is 1. The van der Waals surface area contributed by atoms with Gasteiger partial charge < -0.3 is 35.2 Å². The van der Waals surface area contributed by atoms with Gasteiger partial charge in [0, 0.05) is 26.2 Å². The van der Waals surface area contributed by atoms with E-state index in [0.29, 0.717) is 51.6 Å². The summed E-state index contributed by atoms with van der Waals surface area (Å²) >= 11 is 0. The molecule has 43 heavy (non-hydrogen) atoms. The highest BCUT2D eigenvalue weighted by atomic mass is 16.5. The van der Waals surface area contributed by atoms with Crippen molar-refractivity contribution < 1.29 is 33.4 Å². The number of hydrogen-bond donors (Lipinski definition) is 3. The molecule has 1 aromatic rings. The van der Waals surface area contributed by atoms with Crippen LogP contribution < -0.4 is 16.0 Å². The van der Waals surface area contributed by atoms with Crippen LogP contribution in [0.3, 0.4) is 0 Å². The van der Waals surface area contributed by atoms with Crippen LogP contribution in [0.25, 0.3) is 0 Å². The molecule has 0 saturated carbocycles. The monoisotopic (exact) mass is 601 g/mol. The van der Waals surface area contributed by atoms with Gasteiger partial charge >= 0.3 is 18.1 Å². The maximum Gasteiger partial charge on any atom is 0.407 e. The van der Waals surface area contributed by atoms with Gasteiger partial charge in [0.15, 0.2) is 0 Å². The molecule has 3 N–H and O–H groups in total. The van der Waals surface area contributed by atoms with Crippen molar-refractivity contribution in [1.82, 2.24) is 25.8 Å². The first-order valence-corrected chi connectivity index (χ1v) is 15.4. The summed E-state index contributed by atoms with van der Waals surface area (Å²) in [6, 6.07) is 7.63. The average molecular weight is 602 g/mol. The minimum absolute atomic E-state index is 0.114. The van der Waals surface area contributed by atoms with E-state index in [4.69, 9.17) is 9.47 Å². The van der Waals surface area contributed by atoms with Crippen LogP contribution in [0.5, 0.6) is 0 Å². The summed E-state index contributed by atoms with van der Waals surface area (Å²) in [5, 5.41) is 8.45. The van der Waals surface area contributed by atoms with E-state index in [9.17, 15) is 24.0 Å². The Morgan fingerprint density at radius 3 is 2.37 bits per heavy atom. The highest BCUT2D eigenvalue weighted by Gasteiger charge is 2.53. The number of benzene rings is 1. The Balaban J connectivity index is 1.49. The quantitative estimate of drug-likeness (QED) is 0.233. The van der Waals surface area contributed by atoms with Crippen molar-refractivity contribution >= 4 is 29.9 Å². The molecular weight excluding hydrogens is 554 g/mol. The lowest BCUT2D eigenvalue weighted by Crippen LogP contribution is -2.73. The molecular formula is C31H47N5O7. The predicted octanol–water partition coefficient (Wildman–Crippen LogP) is 2.95. The number of nitrogens with one attached hydrogen (secondary N) is 3. The second-order valence-electron chi connectivity index (χ2n) is 11.4. The second-order valence-corrected chi connectivity index (χ2v) is 11.4. The molecule has 2 saturated heterocycles. The van der Waals surface area contributed by atoms with E-state index in [2.05, 4.69) is 16.0 Å². The summed E-state index contributed by atoms with van der Waals surface area (Å²) in [5.74, 6) is -0.936. The van der Waals surface area contributed by atoms with Gasteiger partial charge in [-0.05, 0) is 56.9 Å². The Bertz CT molecular complexity index is 1110. The highest BCUT2D eigenvalue weighted by molar-refractivity contribution is 6.00. The number of unbranched alkanes of at least 4 members (excludes halogenated alkanes) is 1. The van der Waals surface area contributed by atoms with Crippen molar-refractivity contribution in [2.75, 3.05) is 32.8 Å². The zero-order valence-corrected chi connectivity index (χ0v) is 25.9. The largest absolute Gasteiger partial charge is 0.464 e. The van der Waals surface area contributed by atoms with Crippen LogP contribution in [0.2, 0.25) is 0 Å². The zero-order chi connectivity index (χ0) is 31.4. The van der Waals surface area contributed by atoms with E-state index >= 15 is 0 Å². The molecule has 2 aliphatic rings. The van der Waals surface area contributed by atoms with Crippen LogP contribution in [0.15, 0.2) is 30.3 Å². The van der Waals surface area contributed by atoms with E-state index in [-0.39, 0.29) is 50.1 Å². The lowest BCUT2D eigenvalue weighted by molar-refractivity contribution is -0.161. The fourth-order valence-electron chi connectivity index (χ4n) is 5.59. The molecule has 1 unspecified atom stereocenters. The van der Waals surface area contributed by atoms with Gasteiger partial charge in [-0.1, -0.05) is 51.1 Å². The van der Waals surface area contributed by atoms with Crippen molar-refractivity contribution in [3.8, 4) is 0 Å². The maximum atomic E-state index is 13.6. The van der Waals surface area contributed by atoms with E-state index in [0.717, 1.165) is 5.56 Å². The smallest absolute Gasteiger partial charge is 0.407 e. The number of piperazine rings is 1. The Labute approximate surface area is 254 Å². The number of rotatable bonds is 13. The summed E-state index contributed by atoms with van der Waals surface area (Å²) in [6.45, 7) is 9.17. The number of nitrogens with zero attached hydrogens (tertiary/aromatic N) is 2. The van der Waals surface area contributed by atoms with Gasteiger partial charge in [-0.15, -0.1) is 0 Å². The number of carbonyl (C=O) groups excluding carboxylic acids is 5. The molecule has 1 spiro atoms. The van der Waals surface area contributed by atoms with Crippen LogP contribution in [0.1, 0.15) is 71.8 Å². The van der Waals surface area contributed by atoms with Crippen molar-refractivity contribution in [1.29, 1.82) is 0 Å². The summed E-state index contributed by atoms with van der Waals surface area (Å²) < 4.78 is 10.3. The molecule has 2 atom stereocenters. The fraction of sp³-hybridized carbons (Fsp3) is 0.645. The van der Waals surface area contributed by atoms with Crippen LogP contribution in [-0.4, -0.2) is 90.1 Å². The van der Waals surface area contributed by atoms with Crippen molar-refractivity contribution in [3.63, 3.8) is 0 Å². The molecule has 0 aromatic heterocycles. The summed E-state index contributed by atoms with van der Waals surface area (Å²) in [7, 11) is 0. The number of ether oxygens (including phenoxy) is 2. The number of likely N-dealkylation sites (tertiary alicyclic amines) is 1. The van der Waals surface area contributed by atoms with E-state index in [1.807, 2.05) is 51.1 Å². The number of carbonyl (C=O) groups is 5. The summed E-state index contributed by atoms with van der Waals surface area (Å²) in [6.07, 6.45) is 2.54. The lowest BCUT2D eigenvalue weighted by Gasteiger charge is -2.51. The number of urea groups is 1. The third-order valence-electron chi connectivity index (χ3n) is 8.02. The molecule has 0 aliphatic carbocycles. The van der Waals surface area contributed by atoms with Crippen LogP contribution in [-0.2, 0) is 30.5 Å². The number of alkyl carbamates (subject to hydrolysis) is 1. The molecule has 3 rings (SSSR count). The molecule has 238 valence electrons. The first-order chi connectivity index (χ1) is 20.6. The van der Waals surface area contributed by atoms with Gasteiger partial charge in [-0.25, -0.2) is 14.4 Å². The average Bonchev–Trinajstić information content (AvgIpc) is 3.00. The van der Waals surface area contributed by atoms with Crippen LogP contribution in [0.4, 0.5) is 9.59 Å². The lowest BCUT2D eigenvalue weighted by atomic mass is 9.81. The molecule has 2 fully saturated rings. The van der Waals surface area contributed by atoms with Crippen molar-refractivity contribution in [3.05, 3.63) is 35.9 Å². The standard InChI is InChI=1S/C31H47N5O7/c1-5-18-36-26(37)24(14-10-11-17-32-30(41)43-21-23-12-8-7-9-13-23)33-28(39)31(36)15-19-35(20-16-31)29(40)34-25(22(3)4)27(38)42-6-2/h7-9,12-13,22,24-25H,5-6,10-11,14-21H2,1-4H3,(H,32,41)(H,33,39)(H,34,40)/t24-,25?/m0/s1. The van der Waals surface area contributed by atoms with Gasteiger partial charge in [-0.2, -0.15) is 0 Å². The zero-order valence-electron chi connectivity index (χ0n) is 25.9. The number of piperidine rings is 1. The SMILES string of the molecule is CCCN1C(=O)[C@H](CCCCNC(=O)OCc2ccccc2)NC(=O)C12CCN(C(=O)NC(C(=O)OCC)C(C)C)CC2. The minimum atomic E-state index is -1.01. The Hall–Kier alpha value is -3.83. The topological polar surface area (TPSA) is 146 Å². The van der Waals surface area contributed by atoms with Gasteiger partial charge in [0.1, 0.15) is 24.2 Å². The molecule has 12 nitrogen and oxygen atoms in total. The van der Waals surface area contributed by atoms with Gasteiger partial charge in [0.05, 0.1) is 6.61 Å². The molecule has 12 heteroatoms. The van der Waals surface area contributed by atoms with Crippen molar-refractivity contribution in [2.24, 2.45) is 5.92 Å². The third kappa shape index (κ3) is 8.84. The Morgan fingerprint density at radius 1 is 1.05 bits per heavy atom. The molecule has 2 aliphatic heterocycles. The summed E-state index contributed by atoms with van der Waals surface area (Å²) in [5.41, 5.74) is -0.107. The van der Waals surface area contributed by atoms with Crippen LogP contribution in [0, 0.1) is 5.92 Å². The summed E-state index contributed by atoms with van der Waals surface area (Å²) in [4.78, 5) is 67.7. The molecule has 5 amide bonds. The molecule has 1 aromatic carbocycles. The van der Waals surface area contributed by atoms with Gasteiger partial charge in [-0.3, -0.25) is 9.59 Å². The van der Waals surface area contributed by atoms with Crippen LogP contribution >= 0.6 is 0 Å². The predicted molar refractivity (Wildman–Crippen MR) is 160 cm³/mol. The first-order valence-electron chi connectivity index (χ1n) is 15.4. The van der Waals surface area contributed by atoms with E-state index in [1.54, 1.807) is 16.7 Å².